The highest BCUT2D eigenvalue weighted by Gasteiger charge is 2.29. The predicted octanol–water partition coefficient (Wildman–Crippen LogP) is 3.37. The summed E-state index contributed by atoms with van der Waals surface area (Å²) in [7, 11) is 0. The Morgan fingerprint density at radius 2 is 2.28 bits per heavy atom. The van der Waals surface area contributed by atoms with E-state index in [9.17, 15) is 5.11 Å². The van der Waals surface area contributed by atoms with Crippen molar-refractivity contribution in [2.75, 3.05) is 0 Å². The number of hydrogen-bond donors (Lipinski definition) is 2. The molecule has 0 amide bonds. The van der Waals surface area contributed by atoms with E-state index in [1.807, 2.05) is 18.3 Å². The summed E-state index contributed by atoms with van der Waals surface area (Å²) in [5.74, 6) is 1.23. The number of aryl methyl sites for hydroxylation is 1. The van der Waals surface area contributed by atoms with Gasteiger partial charge >= 0.3 is 0 Å². The third kappa shape index (κ3) is 2.10. The highest BCUT2D eigenvalue weighted by atomic mass is 35.5. The van der Waals surface area contributed by atoms with E-state index in [2.05, 4.69) is 16.9 Å². The number of phenolic OH excluding ortho intramolecular Hbond substituents is 1. The Bertz CT molecular complexity index is 525. The van der Waals surface area contributed by atoms with E-state index in [0.717, 1.165) is 18.5 Å². The van der Waals surface area contributed by atoms with Crippen LogP contribution < -0.4 is 0 Å². The lowest BCUT2D eigenvalue weighted by atomic mass is 9.86. The van der Waals surface area contributed by atoms with Crippen LogP contribution in [-0.4, -0.2) is 15.1 Å². The first-order valence-corrected chi connectivity index (χ1v) is 6.06. The van der Waals surface area contributed by atoms with Gasteiger partial charge in [-0.15, -0.1) is 12.4 Å². The number of imidazole rings is 1. The fourth-order valence-electron chi connectivity index (χ4n) is 2.87. The molecule has 2 unspecified atom stereocenters. The first-order chi connectivity index (χ1) is 8.25. The summed E-state index contributed by atoms with van der Waals surface area (Å²) in [5.41, 5.74) is 3.77. The molecule has 0 radical (unpaired) electrons. The van der Waals surface area contributed by atoms with Crippen LogP contribution in [0.1, 0.15) is 42.0 Å². The third-order valence-electron chi connectivity index (χ3n) is 3.84. The van der Waals surface area contributed by atoms with Gasteiger partial charge in [-0.2, -0.15) is 0 Å². The number of H-pyrrole nitrogens is 1. The van der Waals surface area contributed by atoms with E-state index < -0.39 is 0 Å². The second-order valence-corrected chi connectivity index (χ2v) is 4.81. The third-order valence-corrected chi connectivity index (χ3v) is 3.84. The summed E-state index contributed by atoms with van der Waals surface area (Å²) in [6.45, 7) is 2.21. The molecule has 0 bridgehead atoms. The fourth-order valence-corrected chi connectivity index (χ4v) is 2.87. The predicted molar refractivity (Wildman–Crippen MR) is 73.4 cm³/mol. The van der Waals surface area contributed by atoms with Crippen LogP contribution in [0, 0.1) is 0 Å². The Kier molecular flexibility index (Phi) is 3.62. The Morgan fingerprint density at radius 1 is 1.44 bits per heavy atom. The Hall–Kier alpha value is -1.48. The average Bonchev–Trinajstić information content (AvgIpc) is 2.97. The fraction of sp³-hybridized carbons (Fsp3) is 0.357. The molecule has 18 heavy (non-hydrogen) atoms. The van der Waals surface area contributed by atoms with Gasteiger partial charge in [0.05, 0.1) is 12.0 Å². The second kappa shape index (κ2) is 5.02. The number of hydrogen-bond acceptors (Lipinski definition) is 2. The van der Waals surface area contributed by atoms with Crippen LogP contribution in [-0.2, 0) is 6.42 Å². The molecule has 0 saturated carbocycles. The smallest absolute Gasteiger partial charge is 0.115 e. The van der Waals surface area contributed by atoms with Gasteiger partial charge in [0.2, 0.25) is 0 Å². The van der Waals surface area contributed by atoms with Crippen LogP contribution in [0.3, 0.4) is 0 Å². The number of benzene rings is 1. The molecule has 0 saturated heterocycles. The van der Waals surface area contributed by atoms with Gasteiger partial charge in [-0.25, -0.2) is 4.98 Å². The molecule has 1 aliphatic rings. The van der Waals surface area contributed by atoms with Crippen molar-refractivity contribution in [2.24, 2.45) is 0 Å². The number of aromatic amines is 1. The van der Waals surface area contributed by atoms with Crippen molar-refractivity contribution < 1.29 is 5.11 Å². The maximum absolute atomic E-state index is 9.60. The standard InChI is InChI=1S/C14H16N2O.ClH/c1-9(14-7-15-8-16-14)12-5-3-10-2-4-11(17)6-13(10)12;/h2,4,6-9,12,17H,3,5H2,1H3,(H,15,16);1H. The minimum atomic E-state index is 0. The van der Waals surface area contributed by atoms with Crippen LogP contribution >= 0.6 is 12.4 Å². The molecule has 1 aliphatic carbocycles. The molecule has 1 aromatic carbocycles. The van der Waals surface area contributed by atoms with Crippen molar-refractivity contribution >= 4 is 12.4 Å². The lowest BCUT2D eigenvalue weighted by Crippen LogP contribution is -2.05. The van der Waals surface area contributed by atoms with Crippen molar-refractivity contribution in [1.29, 1.82) is 0 Å². The molecule has 0 aliphatic heterocycles. The van der Waals surface area contributed by atoms with Crippen LogP contribution in [0.4, 0.5) is 0 Å². The monoisotopic (exact) mass is 264 g/mol. The molecule has 0 spiro atoms. The molecule has 96 valence electrons. The molecule has 3 nitrogen and oxygen atoms in total. The molecule has 0 fully saturated rings. The lowest BCUT2D eigenvalue weighted by Gasteiger charge is -2.18. The molecular formula is C14H17ClN2O. The van der Waals surface area contributed by atoms with Crippen LogP contribution in [0.2, 0.25) is 0 Å². The molecule has 4 heteroatoms. The highest BCUT2D eigenvalue weighted by molar-refractivity contribution is 5.85. The van der Waals surface area contributed by atoms with E-state index in [1.165, 1.54) is 11.1 Å². The van der Waals surface area contributed by atoms with Crippen molar-refractivity contribution in [3.05, 3.63) is 47.5 Å². The number of aromatic hydroxyl groups is 1. The SMILES string of the molecule is CC(c1c[nH]cn1)C1CCc2ccc(O)cc21.Cl. The molecule has 2 N–H and O–H groups in total. The first kappa shape index (κ1) is 13.0. The van der Waals surface area contributed by atoms with Crippen molar-refractivity contribution in [2.45, 2.75) is 31.6 Å². The van der Waals surface area contributed by atoms with Crippen LogP contribution in [0.25, 0.3) is 0 Å². The van der Waals surface area contributed by atoms with Gasteiger partial charge in [-0.1, -0.05) is 13.0 Å². The van der Waals surface area contributed by atoms with Gasteiger partial charge in [0.25, 0.3) is 0 Å². The number of fused-ring (bicyclic) bond motifs is 1. The van der Waals surface area contributed by atoms with E-state index in [-0.39, 0.29) is 12.4 Å². The van der Waals surface area contributed by atoms with Crippen LogP contribution in [0.5, 0.6) is 5.75 Å². The zero-order valence-electron chi connectivity index (χ0n) is 10.3. The summed E-state index contributed by atoms with van der Waals surface area (Å²) in [4.78, 5) is 7.35. The van der Waals surface area contributed by atoms with Gasteiger partial charge in [0, 0.05) is 12.1 Å². The molecule has 2 atom stereocenters. The number of halogens is 1. The quantitative estimate of drug-likeness (QED) is 0.874. The van der Waals surface area contributed by atoms with E-state index in [4.69, 9.17) is 0 Å². The maximum Gasteiger partial charge on any atom is 0.115 e. The summed E-state index contributed by atoms with van der Waals surface area (Å²) in [6, 6.07) is 5.73. The summed E-state index contributed by atoms with van der Waals surface area (Å²) in [5, 5.41) is 9.60. The second-order valence-electron chi connectivity index (χ2n) is 4.81. The summed E-state index contributed by atoms with van der Waals surface area (Å²) in [6.07, 6.45) is 5.94. The van der Waals surface area contributed by atoms with E-state index >= 15 is 0 Å². The van der Waals surface area contributed by atoms with E-state index in [1.54, 1.807) is 12.4 Å². The lowest BCUT2D eigenvalue weighted by molar-refractivity contribution is 0.472. The average molecular weight is 265 g/mol. The first-order valence-electron chi connectivity index (χ1n) is 6.06. The number of aromatic nitrogens is 2. The Labute approximate surface area is 113 Å². The molecule has 2 aromatic rings. The Morgan fingerprint density at radius 3 is 3.00 bits per heavy atom. The number of rotatable bonds is 2. The minimum Gasteiger partial charge on any atom is -0.508 e. The van der Waals surface area contributed by atoms with Gasteiger partial charge < -0.3 is 10.1 Å². The number of phenols is 1. The van der Waals surface area contributed by atoms with Crippen LogP contribution in [0.15, 0.2) is 30.7 Å². The molecule has 1 aromatic heterocycles. The largest absolute Gasteiger partial charge is 0.508 e. The minimum absolute atomic E-state index is 0. The van der Waals surface area contributed by atoms with Crippen molar-refractivity contribution in [3.63, 3.8) is 0 Å². The van der Waals surface area contributed by atoms with Gasteiger partial charge in [0.15, 0.2) is 0 Å². The normalized spacial score (nSPS) is 19.1. The number of nitrogens with one attached hydrogen (secondary N) is 1. The summed E-state index contributed by atoms with van der Waals surface area (Å²) < 4.78 is 0. The topological polar surface area (TPSA) is 48.9 Å². The molecule has 3 rings (SSSR count). The van der Waals surface area contributed by atoms with Gasteiger partial charge in [-0.05, 0) is 42.0 Å². The molecule has 1 heterocycles. The highest BCUT2D eigenvalue weighted by Crippen LogP contribution is 2.43. The molecular weight excluding hydrogens is 248 g/mol. The number of nitrogens with zero attached hydrogens (tertiary/aromatic N) is 1. The zero-order valence-corrected chi connectivity index (χ0v) is 11.1. The maximum atomic E-state index is 9.60. The Balaban J connectivity index is 0.00000120. The summed E-state index contributed by atoms with van der Waals surface area (Å²) >= 11 is 0. The van der Waals surface area contributed by atoms with E-state index in [0.29, 0.717) is 17.6 Å². The van der Waals surface area contributed by atoms with Crippen molar-refractivity contribution in [3.8, 4) is 5.75 Å². The van der Waals surface area contributed by atoms with Crippen molar-refractivity contribution in [1.82, 2.24) is 9.97 Å². The zero-order chi connectivity index (χ0) is 11.8. The van der Waals surface area contributed by atoms with Gasteiger partial charge in [-0.3, -0.25) is 0 Å². The van der Waals surface area contributed by atoms with Gasteiger partial charge in [0.1, 0.15) is 5.75 Å².